The molecule has 1 N–H and O–H groups in total. The Labute approximate surface area is 198 Å². The molecule has 2 aromatic rings. The molecular formula is C21H20BrN3O5S2. The fraction of sp³-hybridized carbons (Fsp3) is 0.190. The summed E-state index contributed by atoms with van der Waals surface area (Å²) in [5.74, 6) is -0.209. The first kappa shape index (κ1) is 24.0. The Morgan fingerprint density at radius 1 is 1.31 bits per heavy atom. The van der Waals surface area contributed by atoms with Crippen molar-refractivity contribution < 1.29 is 22.7 Å². The molecule has 0 saturated carbocycles. The number of hydrogen-bond donors (Lipinski definition) is 1. The second-order valence-corrected chi connectivity index (χ2v) is 10.3. The van der Waals surface area contributed by atoms with Crippen LogP contribution in [0.5, 0.6) is 5.75 Å². The van der Waals surface area contributed by atoms with E-state index in [0.29, 0.717) is 11.4 Å². The van der Waals surface area contributed by atoms with E-state index in [9.17, 15) is 18.0 Å². The standard InChI is InChI=1S/C21H20BrN3O5S2/c1-3-11-25-20(27)18(13-19(26)23-15-5-4-6-16(12-15)30-2)31-21(25)24-32(28,29)17-9-7-14(22)8-10-17/h3-10,12,18H,1,11,13H2,2H3,(H,23,26)/b24-21+. The topological polar surface area (TPSA) is 105 Å². The van der Waals surface area contributed by atoms with E-state index in [1.807, 2.05) is 0 Å². The maximum atomic E-state index is 12.8. The van der Waals surface area contributed by atoms with Gasteiger partial charge < -0.3 is 10.1 Å². The third-order valence-corrected chi connectivity index (χ3v) is 7.47. The molecular weight excluding hydrogens is 518 g/mol. The zero-order chi connectivity index (χ0) is 23.3. The highest BCUT2D eigenvalue weighted by molar-refractivity contribution is 9.10. The van der Waals surface area contributed by atoms with Crippen LogP contribution >= 0.6 is 27.7 Å². The highest BCUT2D eigenvalue weighted by atomic mass is 79.9. The van der Waals surface area contributed by atoms with E-state index in [-0.39, 0.29) is 28.9 Å². The van der Waals surface area contributed by atoms with Gasteiger partial charge in [0.25, 0.3) is 10.0 Å². The van der Waals surface area contributed by atoms with Gasteiger partial charge in [-0.3, -0.25) is 14.5 Å². The fourth-order valence-corrected chi connectivity index (χ4v) is 5.48. The van der Waals surface area contributed by atoms with Gasteiger partial charge in [-0.15, -0.1) is 11.0 Å². The first-order chi connectivity index (χ1) is 15.2. The molecule has 32 heavy (non-hydrogen) atoms. The number of hydrogen-bond acceptors (Lipinski definition) is 6. The maximum Gasteiger partial charge on any atom is 0.284 e. The summed E-state index contributed by atoms with van der Waals surface area (Å²) >= 11 is 4.20. The Bertz CT molecular complexity index is 1170. The molecule has 2 aromatic carbocycles. The van der Waals surface area contributed by atoms with E-state index in [1.165, 1.54) is 30.2 Å². The van der Waals surface area contributed by atoms with Gasteiger partial charge in [-0.2, -0.15) is 8.42 Å². The SMILES string of the molecule is C=CCN1C(=O)C(CC(=O)Nc2cccc(OC)c2)S/C1=N/S(=O)(=O)c1ccc(Br)cc1. The summed E-state index contributed by atoms with van der Waals surface area (Å²) < 4.78 is 35.2. The lowest BCUT2D eigenvalue weighted by Gasteiger charge is -2.13. The minimum absolute atomic E-state index is 0.000907. The molecule has 0 aromatic heterocycles. The number of sulfonamides is 1. The Morgan fingerprint density at radius 2 is 2.03 bits per heavy atom. The smallest absolute Gasteiger partial charge is 0.284 e. The van der Waals surface area contributed by atoms with Crippen molar-refractivity contribution in [3.8, 4) is 5.75 Å². The first-order valence-corrected chi connectivity index (χ1v) is 12.5. The minimum atomic E-state index is -4.04. The molecule has 11 heteroatoms. The lowest BCUT2D eigenvalue weighted by Crippen LogP contribution is -2.33. The summed E-state index contributed by atoms with van der Waals surface area (Å²) in [5.41, 5.74) is 0.527. The van der Waals surface area contributed by atoms with E-state index in [2.05, 4.69) is 32.2 Å². The molecule has 3 rings (SSSR count). The summed E-state index contributed by atoms with van der Waals surface area (Å²) in [6.45, 7) is 3.69. The molecule has 0 bridgehead atoms. The molecule has 0 radical (unpaired) electrons. The van der Waals surface area contributed by atoms with Crippen molar-refractivity contribution >= 4 is 60.4 Å². The van der Waals surface area contributed by atoms with Crippen molar-refractivity contribution in [2.75, 3.05) is 19.0 Å². The summed E-state index contributed by atoms with van der Waals surface area (Å²) in [6, 6.07) is 12.8. The molecule has 1 heterocycles. The van der Waals surface area contributed by atoms with Gasteiger partial charge >= 0.3 is 0 Å². The average Bonchev–Trinajstić information content (AvgIpc) is 3.02. The van der Waals surface area contributed by atoms with Gasteiger partial charge in [0.2, 0.25) is 11.8 Å². The highest BCUT2D eigenvalue weighted by Crippen LogP contribution is 2.31. The Kier molecular flexibility index (Phi) is 7.75. The van der Waals surface area contributed by atoms with Crippen molar-refractivity contribution in [2.24, 2.45) is 4.40 Å². The molecule has 1 unspecified atom stereocenters. The highest BCUT2D eigenvalue weighted by Gasteiger charge is 2.39. The number of amides is 2. The number of methoxy groups -OCH3 is 1. The number of anilines is 1. The molecule has 168 valence electrons. The molecule has 1 saturated heterocycles. The van der Waals surface area contributed by atoms with Crippen LogP contribution in [-0.4, -0.2) is 49.2 Å². The van der Waals surface area contributed by atoms with Gasteiger partial charge in [-0.1, -0.05) is 39.8 Å². The van der Waals surface area contributed by atoms with E-state index in [1.54, 1.807) is 36.4 Å². The number of carbonyl (C=O) groups excluding carboxylic acids is 2. The van der Waals surface area contributed by atoms with Gasteiger partial charge in [-0.05, 0) is 36.4 Å². The van der Waals surface area contributed by atoms with Crippen LogP contribution in [0.15, 0.2) is 75.0 Å². The lowest BCUT2D eigenvalue weighted by atomic mass is 10.2. The predicted molar refractivity (Wildman–Crippen MR) is 128 cm³/mol. The average molecular weight is 538 g/mol. The van der Waals surface area contributed by atoms with Crippen LogP contribution in [0, 0.1) is 0 Å². The number of halogens is 1. The fourth-order valence-electron chi connectivity index (χ4n) is 2.85. The van der Waals surface area contributed by atoms with E-state index < -0.39 is 21.2 Å². The third-order valence-electron chi connectivity index (χ3n) is 4.37. The summed E-state index contributed by atoms with van der Waals surface area (Å²) in [5, 5.41) is 1.92. The Balaban J connectivity index is 1.78. The molecule has 1 aliphatic rings. The van der Waals surface area contributed by atoms with Crippen molar-refractivity contribution in [3.05, 3.63) is 65.7 Å². The molecule has 1 fully saturated rings. The normalized spacial score (nSPS) is 17.4. The summed E-state index contributed by atoms with van der Waals surface area (Å²) in [7, 11) is -2.52. The second kappa shape index (κ2) is 10.3. The maximum absolute atomic E-state index is 12.8. The molecule has 8 nitrogen and oxygen atoms in total. The molecule has 1 aliphatic heterocycles. The number of rotatable bonds is 8. The van der Waals surface area contributed by atoms with Crippen molar-refractivity contribution in [1.82, 2.24) is 4.90 Å². The predicted octanol–water partition coefficient (Wildman–Crippen LogP) is 3.66. The van der Waals surface area contributed by atoms with Crippen LogP contribution in [0.3, 0.4) is 0 Å². The third kappa shape index (κ3) is 5.78. The van der Waals surface area contributed by atoms with Crippen LogP contribution in [0.2, 0.25) is 0 Å². The van der Waals surface area contributed by atoms with Crippen molar-refractivity contribution in [1.29, 1.82) is 0 Å². The van der Waals surface area contributed by atoms with Gasteiger partial charge in [0.1, 0.15) is 11.0 Å². The van der Waals surface area contributed by atoms with Crippen LogP contribution in [0.4, 0.5) is 5.69 Å². The number of nitrogens with one attached hydrogen (secondary N) is 1. The molecule has 0 spiro atoms. The van der Waals surface area contributed by atoms with Crippen LogP contribution in [0.1, 0.15) is 6.42 Å². The van der Waals surface area contributed by atoms with Gasteiger partial charge in [0, 0.05) is 29.2 Å². The number of amidine groups is 1. The van der Waals surface area contributed by atoms with Gasteiger partial charge in [0.15, 0.2) is 5.17 Å². The summed E-state index contributed by atoms with van der Waals surface area (Å²) in [4.78, 5) is 26.6. The first-order valence-electron chi connectivity index (χ1n) is 9.37. The Hall–Kier alpha value is -2.63. The zero-order valence-corrected chi connectivity index (χ0v) is 20.2. The number of thioether (sulfide) groups is 1. The van der Waals surface area contributed by atoms with Gasteiger partial charge in [-0.25, -0.2) is 0 Å². The quantitative estimate of drug-likeness (QED) is 0.515. The summed E-state index contributed by atoms with van der Waals surface area (Å²) in [6.07, 6.45) is 1.32. The number of benzene rings is 2. The number of carbonyl (C=O) groups is 2. The molecule has 1 atom stereocenters. The van der Waals surface area contributed by atoms with E-state index in [0.717, 1.165) is 16.2 Å². The second-order valence-electron chi connectivity index (χ2n) is 6.63. The van der Waals surface area contributed by atoms with Crippen molar-refractivity contribution in [3.63, 3.8) is 0 Å². The minimum Gasteiger partial charge on any atom is -0.497 e. The van der Waals surface area contributed by atoms with Crippen LogP contribution in [0.25, 0.3) is 0 Å². The molecule has 2 amide bonds. The largest absolute Gasteiger partial charge is 0.497 e. The van der Waals surface area contributed by atoms with Gasteiger partial charge in [0.05, 0.1) is 12.0 Å². The monoisotopic (exact) mass is 537 g/mol. The zero-order valence-electron chi connectivity index (χ0n) is 17.0. The van der Waals surface area contributed by atoms with Crippen LogP contribution in [-0.2, 0) is 19.6 Å². The van der Waals surface area contributed by atoms with Crippen LogP contribution < -0.4 is 10.1 Å². The lowest BCUT2D eigenvalue weighted by molar-refractivity contribution is -0.127. The van der Waals surface area contributed by atoms with E-state index >= 15 is 0 Å². The molecule has 0 aliphatic carbocycles. The number of ether oxygens (including phenoxy) is 1. The van der Waals surface area contributed by atoms with Crippen molar-refractivity contribution in [2.45, 2.75) is 16.6 Å². The Morgan fingerprint density at radius 3 is 2.69 bits per heavy atom. The number of nitrogens with zero attached hydrogens (tertiary/aromatic N) is 2. The van der Waals surface area contributed by atoms with E-state index in [4.69, 9.17) is 4.74 Å².